The Morgan fingerprint density at radius 3 is 2.97 bits per heavy atom. The van der Waals surface area contributed by atoms with Gasteiger partial charge in [0.05, 0.1) is 42.1 Å². The maximum absolute atomic E-state index is 13.6. The number of rotatable bonds is 3. The minimum atomic E-state index is -0.295. The van der Waals surface area contributed by atoms with E-state index in [1.807, 2.05) is 12.1 Å². The molecule has 7 atom stereocenters. The molecule has 5 heterocycles. The first-order valence-corrected chi connectivity index (χ1v) is 12.8. The molecule has 7 nitrogen and oxygen atoms in total. The van der Waals surface area contributed by atoms with E-state index in [4.69, 9.17) is 4.74 Å². The van der Waals surface area contributed by atoms with E-state index in [1.165, 1.54) is 11.1 Å². The first-order valence-electron chi connectivity index (χ1n) is 12.8. The van der Waals surface area contributed by atoms with Gasteiger partial charge in [-0.2, -0.15) is 0 Å². The monoisotopic (exact) mass is 470 g/mol. The van der Waals surface area contributed by atoms with Crippen LogP contribution in [0.1, 0.15) is 30.4 Å². The Balaban J connectivity index is 1.33. The van der Waals surface area contributed by atoms with Crippen LogP contribution in [0.25, 0.3) is 0 Å². The van der Waals surface area contributed by atoms with Crippen molar-refractivity contribution >= 4 is 17.3 Å². The first-order chi connectivity index (χ1) is 17.0. The molecule has 1 amide bonds. The number of carbonyl (C=O) groups is 1. The molecule has 1 aliphatic carbocycles. The van der Waals surface area contributed by atoms with Gasteiger partial charge in [0, 0.05) is 42.1 Å². The average molecular weight is 471 g/mol. The van der Waals surface area contributed by atoms with Crippen molar-refractivity contribution in [2.24, 2.45) is 11.8 Å². The normalized spacial score (nSPS) is 39.7. The summed E-state index contributed by atoms with van der Waals surface area (Å²) in [7, 11) is 0. The van der Waals surface area contributed by atoms with E-state index in [9.17, 15) is 14.9 Å². The van der Waals surface area contributed by atoms with Crippen LogP contribution in [-0.2, 0) is 21.5 Å². The fourth-order valence-corrected chi connectivity index (χ4v) is 9.33. The number of amides is 1. The Morgan fingerprint density at radius 1 is 1.20 bits per heavy atom. The Bertz CT molecular complexity index is 1340. The van der Waals surface area contributed by atoms with Crippen molar-refractivity contribution in [1.82, 2.24) is 0 Å². The molecular formula is C28H28N3O4+. The van der Waals surface area contributed by atoms with E-state index in [-0.39, 0.29) is 34.1 Å². The number of benzene rings is 2. The predicted molar refractivity (Wildman–Crippen MR) is 129 cm³/mol. The highest BCUT2D eigenvalue weighted by Crippen LogP contribution is 2.67. The smallest absolute Gasteiger partial charge is 0.269 e. The van der Waals surface area contributed by atoms with Gasteiger partial charge in [-0.25, -0.2) is 0 Å². The first kappa shape index (κ1) is 20.2. The van der Waals surface area contributed by atoms with Crippen LogP contribution in [-0.4, -0.2) is 53.2 Å². The van der Waals surface area contributed by atoms with Crippen molar-refractivity contribution in [3.63, 3.8) is 0 Å². The van der Waals surface area contributed by atoms with Crippen molar-refractivity contribution < 1.29 is 18.9 Å². The zero-order valence-corrected chi connectivity index (χ0v) is 19.5. The lowest BCUT2D eigenvalue weighted by molar-refractivity contribution is -0.955. The Hall–Kier alpha value is -3.03. The standard InChI is InChI=1S/C28H28N3O4/c32-25-14-23-26-20-13-24-28(21-6-1-2-7-22(21)29(25)27(26)28)9-10-31(24,16-18(20)8-11-35-23)15-17-4-3-5-19(12-17)30(33)34/h1-8,12,20,23-24,26-27H,9-11,13-16H2/q+1/t20-,23-,24-,26-,27-,28+,31?/m0/s1. The summed E-state index contributed by atoms with van der Waals surface area (Å²) in [5, 5.41) is 11.5. The van der Waals surface area contributed by atoms with E-state index in [1.54, 1.807) is 12.1 Å². The number of piperidine rings is 2. The molecule has 2 bridgehead atoms. The molecule has 1 unspecified atom stereocenters. The molecule has 4 fully saturated rings. The molecule has 5 aliphatic heterocycles. The molecule has 2 aromatic rings. The highest BCUT2D eigenvalue weighted by Gasteiger charge is 2.75. The van der Waals surface area contributed by atoms with E-state index in [0.717, 1.165) is 48.2 Å². The van der Waals surface area contributed by atoms with Gasteiger partial charge in [0.15, 0.2) is 0 Å². The number of hydrogen-bond acceptors (Lipinski definition) is 4. The Morgan fingerprint density at radius 2 is 2.09 bits per heavy atom. The number of nitrogens with zero attached hydrogens (tertiary/aromatic N) is 3. The second-order valence-electron chi connectivity index (χ2n) is 11.5. The third kappa shape index (κ3) is 2.36. The number of nitro groups is 1. The molecule has 1 spiro atoms. The van der Waals surface area contributed by atoms with Crippen LogP contribution in [0.15, 0.2) is 60.2 Å². The lowest BCUT2D eigenvalue weighted by Crippen LogP contribution is -2.72. The third-order valence-corrected chi connectivity index (χ3v) is 10.3. The van der Waals surface area contributed by atoms with Gasteiger partial charge in [0.25, 0.3) is 5.69 Å². The molecule has 0 aromatic heterocycles. The summed E-state index contributed by atoms with van der Waals surface area (Å²) >= 11 is 0. The number of carbonyl (C=O) groups excluding carboxylic acids is 1. The van der Waals surface area contributed by atoms with E-state index in [0.29, 0.717) is 30.9 Å². The van der Waals surface area contributed by atoms with Crippen LogP contribution in [0.5, 0.6) is 0 Å². The molecule has 3 saturated heterocycles. The van der Waals surface area contributed by atoms with Crippen molar-refractivity contribution in [3.05, 3.63) is 81.4 Å². The van der Waals surface area contributed by atoms with Crippen molar-refractivity contribution in [2.75, 3.05) is 24.6 Å². The van der Waals surface area contributed by atoms with E-state index in [2.05, 4.69) is 35.2 Å². The number of anilines is 1. The van der Waals surface area contributed by atoms with Gasteiger partial charge in [-0.05, 0) is 23.1 Å². The number of ether oxygens (including phenoxy) is 1. The van der Waals surface area contributed by atoms with Gasteiger partial charge in [0.2, 0.25) is 5.91 Å². The Kier molecular flexibility index (Phi) is 3.80. The number of hydrogen-bond donors (Lipinski definition) is 0. The van der Waals surface area contributed by atoms with Crippen LogP contribution in [0.2, 0.25) is 0 Å². The van der Waals surface area contributed by atoms with Crippen molar-refractivity contribution in [3.8, 4) is 0 Å². The predicted octanol–water partition coefficient (Wildman–Crippen LogP) is 3.72. The number of quaternary nitrogens is 1. The highest BCUT2D eigenvalue weighted by molar-refractivity contribution is 5.99. The van der Waals surface area contributed by atoms with Crippen LogP contribution < -0.4 is 4.90 Å². The zero-order chi connectivity index (χ0) is 23.5. The molecule has 8 rings (SSSR count). The zero-order valence-electron chi connectivity index (χ0n) is 19.5. The van der Waals surface area contributed by atoms with Gasteiger partial charge in [-0.1, -0.05) is 36.4 Å². The number of non-ortho nitro benzene ring substituents is 1. The SMILES string of the molecule is O=C1C[C@@H]2OCC=C3C[N+]4(Cc5cccc([N+](=O)[O-])c5)CC[C@]56c7ccccc7N1[C@H]5[C@H]2[C@H]3C[C@@H]64. The molecule has 7 heteroatoms. The lowest BCUT2D eigenvalue weighted by Gasteiger charge is -2.60. The minimum absolute atomic E-state index is 0.00740. The van der Waals surface area contributed by atoms with E-state index < -0.39 is 0 Å². The summed E-state index contributed by atoms with van der Waals surface area (Å²) in [4.78, 5) is 26.9. The largest absolute Gasteiger partial charge is 0.373 e. The fourth-order valence-electron chi connectivity index (χ4n) is 9.33. The molecule has 0 radical (unpaired) electrons. The molecule has 178 valence electrons. The number of fused-ring (bicyclic) bond motifs is 2. The summed E-state index contributed by atoms with van der Waals surface area (Å²) in [5.41, 5.74) is 5.06. The number of para-hydroxylation sites is 1. The summed E-state index contributed by atoms with van der Waals surface area (Å²) in [6.07, 6.45) is 4.92. The second kappa shape index (κ2) is 6.59. The van der Waals surface area contributed by atoms with E-state index >= 15 is 0 Å². The van der Waals surface area contributed by atoms with Crippen molar-refractivity contribution in [1.29, 1.82) is 0 Å². The quantitative estimate of drug-likeness (QED) is 0.297. The molecule has 6 aliphatic rings. The molecule has 2 aromatic carbocycles. The summed E-state index contributed by atoms with van der Waals surface area (Å²) in [6, 6.07) is 16.3. The van der Waals surface area contributed by atoms with Crippen LogP contribution in [0.3, 0.4) is 0 Å². The van der Waals surface area contributed by atoms with Crippen LogP contribution in [0.4, 0.5) is 11.4 Å². The van der Waals surface area contributed by atoms with Gasteiger partial charge in [-0.15, -0.1) is 0 Å². The molecule has 1 saturated carbocycles. The van der Waals surface area contributed by atoms with Crippen LogP contribution in [0, 0.1) is 22.0 Å². The van der Waals surface area contributed by atoms with Gasteiger partial charge in [0.1, 0.15) is 19.1 Å². The maximum Gasteiger partial charge on any atom is 0.269 e. The topological polar surface area (TPSA) is 72.7 Å². The summed E-state index contributed by atoms with van der Waals surface area (Å²) in [5.74, 6) is 0.987. The second-order valence-corrected chi connectivity index (χ2v) is 11.5. The summed E-state index contributed by atoms with van der Waals surface area (Å²) < 4.78 is 7.30. The average Bonchev–Trinajstić information content (AvgIpc) is 3.29. The van der Waals surface area contributed by atoms with Gasteiger partial charge < -0.3 is 14.1 Å². The molecule has 0 N–H and O–H groups in total. The summed E-state index contributed by atoms with van der Waals surface area (Å²) in [6.45, 7) is 3.38. The Labute approximate surface area is 203 Å². The van der Waals surface area contributed by atoms with Crippen molar-refractivity contribution in [2.45, 2.75) is 49.4 Å². The van der Waals surface area contributed by atoms with Gasteiger partial charge >= 0.3 is 0 Å². The van der Waals surface area contributed by atoms with Crippen LogP contribution >= 0.6 is 0 Å². The minimum Gasteiger partial charge on any atom is -0.373 e. The highest BCUT2D eigenvalue weighted by atomic mass is 16.6. The number of nitro benzene ring substituents is 1. The third-order valence-electron chi connectivity index (χ3n) is 10.3. The molecular weight excluding hydrogens is 442 g/mol. The lowest BCUT2D eigenvalue weighted by atomic mass is 9.53. The molecule has 35 heavy (non-hydrogen) atoms. The van der Waals surface area contributed by atoms with Gasteiger partial charge in [-0.3, -0.25) is 14.9 Å². The maximum atomic E-state index is 13.6. The fraction of sp³-hybridized carbons (Fsp3) is 0.464.